The second kappa shape index (κ2) is 12.8. The highest BCUT2D eigenvalue weighted by molar-refractivity contribution is 7.92. The molecular weight excluding hydrogens is 553 g/mol. The van der Waals surface area contributed by atoms with E-state index in [1.807, 2.05) is 6.92 Å². The van der Waals surface area contributed by atoms with Gasteiger partial charge >= 0.3 is 0 Å². The Morgan fingerprint density at radius 2 is 1.62 bits per heavy atom. The summed E-state index contributed by atoms with van der Waals surface area (Å²) in [5, 5.41) is 3.46. The average Bonchev–Trinajstić information content (AvgIpc) is 3.44. The van der Waals surface area contributed by atoms with Gasteiger partial charge in [0.2, 0.25) is 11.8 Å². The Balaban J connectivity index is 1.69. The fraction of sp³-hybridized carbons (Fsp3) is 0.333. The number of aryl methyl sites for hydroxylation is 1. The van der Waals surface area contributed by atoms with Crippen LogP contribution in [0.2, 0.25) is 5.02 Å². The first-order chi connectivity index (χ1) is 19.1. The second-order valence-electron chi connectivity index (χ2n) is 10.1. The molecule has 212 valence electrons. The van der Waals surface area contributed by atoms with E-state index in [2.05, 4.69) is 5.32 Å². The third-order valence-electron chi connectivity index (χ3n) is 7.17. The molecular formula is C30H33ClFN3O4S. The molecule has 4 rings (SSSR count). The molecule has 10 heteroatoms. The molecule has 1 saturated carbocycles. The largest absolute Gasteiger partial charge is 0.352 e. The van der Waals surface area contributed by atoms with E-state index in [0.29, 0.717) is 10.6 Å². The van der Waals surface area contributed by atoms with Crippen molar-refractivity contribution in [3.8, 4) is 0 Å². The predicted molar refractivity (Wildman–Crippen MR) is 154 cm³/mol. The molecule has 1 atom stereocenters. The minimum Gasteiger partial charge on any atom is -0.352 e. The number of carbonyl (C=O) groups is 2. The first-order valence-corrected chi connectivity index (χ1v) is 15.1. The maximum absolute atomic E-state index is 14.0. The van der Waals surface area contributed by atoms with E-state index in [0.717, 1.165) is 59.8 Å². The molecule has 0 bridgehead atoms. The molecule has 0 radical (unpaired) electrons. The lowest BCUT2D eigenvalue weighted by atomic mass is 10.1. The summed E-state index contributed by atoms with van der Waals surface area (Å²) in [6.07, 6.45) is 3.84. The molecule has 1 N–H and O–H groups in total. The van der Waals surface area contributed by atoms with Gasteiger partial charge < -0.3 is 10.2 Å². The third kappa shape index (κ3) is 7.01. The van der Waals surface area contributed by atoms with Gasteiger partial charge in [0.1, 0.15) is 18.4 Å². The first kappa shape index (κ1) is 29.6. The van der Waals surface area contributed by atoms with Gasteiger partial charge in [0.15, 0.2) is 0 Å². The monoisotopic (exact) mass is 585 g/mol. The lowest BCUT2D eigenvalue weighted by Gasteiger charge is -2.32. The van der Waals surface area contributed by atoms with Crippen LogP contribution in [-0.2, 0) is 26.2 Å². The van der Waals surface area contributed by atoms with Gasteiger partial charge in [-0.3, -0.25) is 13.9 Å². The van der Waals surface area contributed by atoms with Crippen LogP contribution in [0, 0.1) is 12.7 Å². The van der Waals surface area contributed by atoms with Crippen LogP contribution in [-0.4, -0.2) is 43.8 Å². The molecule has 3 aromatic carbocycles. The van der Waals surface area contributed by atoms with Crippen molar-refractivity contribution in [2.45, 2.75) is 63.1 Å². The summed E-state index contributed by atoms with van der Waals surface area (Å²) in [5.41, 5.74) is 1.80. The Bertz CT molecular complexity index is 1440. The van der Waals surface area contributed by atoms with E-state index >= 15 is 0 Å². The maximum atomic E-state index is 14.0. The number of anilines is 1. The van der Waals surface area contributed by atoms with Crippen LogP contribution in [0.3, 0.4) is 0 Å². The lowest BCUT2D eigenvalue weighted by Crippen LogP contribution is -2.52. The smallest absolute Gasteiger partial charge is 0.264 e. The second-order valence-corrected chi connectivity index (χ2v) is 12.3. The predicted octanol–water partition coefficient (Wildman–Crippen LogP) is 5.46. The number of hydrogen-bond donors (Lipinski definition) is 1. The number of sulfonamides is 1. The Labute approximate surface area is 240 Å². The summed E-state index contributed by atoms with van der Waals surface area (Å²) < 4.78 is 42.1. The molecule has 0 aliphatic heterocycles. The molecule has 2 amide bonds. The van der Waals surface area contributed by atoms with Gasteiger partial charge in [-0.1, -0.05) is 60.3 Å². The molecule has 0 aromatic heterocycles. The minimum absolute atomic E-state index is 0.0100. The molecule has 7 nitrogen and oxygen atoms in total. The fourth-order valence-corrected chi connectivity index (χ4v) is 6.37. The molecule has 1 unspecified atom stereocenters. The van der Waals surface area contributed by atoms with E-state index in [-0.39, 0.29) is 29.1 Å². The van der Waals surface area contributed by atoms with Crippen LogP contribution in [0.4, 0.5) is 10.1 Å². The summed E-state index contributed by atoms with van der Waals surface area (Å²) in [7, 11) is -4.27. The first-order valence-electron chi connectivity index (χ1n) is 13.2. The number of benzene rings is 3. The van der Waals surface area contributed by atoms with E-state index in [9.17, 15) is 22.4 Å². The van der Waals surface area contributed by atoms with Gasteiger partial charge in [0, 0.05) is 17.6 Å². The van der Waals surface area contributed by atoms with Crippen LogP contribution in [0.25, 0.3) is 0 Å². The summed E-state index contributed by atoms with van der Waals surface area (Å²) >= 11 is 6.40. The Morgan fingerprint density at radius 1 is 1.00 bits per heavy atom. The Hall–Kier alpha value is -3.43. The van der Waals surface area contributed by atoms with E-state index in [4.69, 9.17) is 11.6 Å². The van der Waals surface area contributed by atoms with Gasteiger partial charge in [-0.25, -0.2) is 12.8 Å². The van der Waals surface area contributed by atoms with E-state index in [1.54, 1.807) is 55.5 Å². The zero-order valence-electron chi connectivity index (χ0n) is 22.5. The molecule has 1 fully saturated rings. The zero-order chi connectivity index (χ0) is 28.9. The standard InChI is InChI=1S/C30H33ClFN3O4S/c1-21-11-15-26(16-12-21)35(40(38,39)27-17-13-24(32)14-18-27)20-29(36)34(19-23-7-3-6-10-28(23)31)22(2)30(37)33-25-8-4-5-9-25/h3,6-7,10-18,22,25H,4-5,8-9,19-20H2,1-2H3,(H,33,37). The zero-order valence-corrected chi connectivity index (χ0v) is 24.1. The molecule has 0 heterocycles. The normalized spacial score (nSPS) is 14.5. The van der Waals surface area contributed by atoms with Crippen molar-refractivity contribution in [2.75, 3.05) is 10.8 Å². The highest BCUT2D eigenvalue weighted by Crippen LogP contribution is 2.26. The fourth-order valence-electron chi connectivity index (χ4n) is 4.76. The van der Waals surface area contributed by atoms with Crippen LogP contribution in [0.15, 0.2) is 77.7 Å². The molecule has 0 saturated heterocycles. The highest BCUT2D eigenvalue weighted by atomic mass is 35.5. The van der Waals surface area contributed by atoms with Crippen molar-refractivity contribution in [3.63, 3.8) is 0 Å². The summed E-state index contributed by atoms with van der Waals surface area (Å²) in [6, 6.07) is 17.3. The van der Waals surface area contributed by atoms with E-state index < -0.39 is 34.3 Å². The third-order valence-corrected chi connectivity index (χ3v) is 9.33. The summed E-state index contributed by atoms with van der Waals surface area (Å²) in [5.74, 6) is -1.47. The van der Waals surface area contributed by atoms with Crippen molar-refractivity contribution >= 4 is 39.1 Å². The van der Waals surface area contributed by atoms with Crippen molar-refractivity contribution < 1.29 is 22.4 Å². The molecule has 1 aliphatic carbocycles. The molecule has 40 heavy (non-hydrogen) atoms. The van der Waals surface area contributed by atoms with Gasteiger partial charge in [-0.05, 0) is 74.7 Å². The summed E-state index contributed by atoms with van der Waals surface area (Å²) in [4.78, 5) is 28.4. The molecule has 0 spiro atoms. The topological polar surface area (TPSA) is 86.8 Å². The minimum atomic E-state index is -4.27. The van der Waals surface area contributed by atoms with Crippen LogP contribution < -0.4 is 9.62 Å². The van der Waals surface area contributed by atoms with Crippen molar-refractivity contribution in [1.82, 2.24) is 10.2 Å². The lowest BCUT2D eigenvalue weighted by molar-refractivity contribution is -0.139. The number of amides is 2. The number of carbonyl (C=O) groups excluding carboxylic acids is 2. The van der Waals surface area contributed by atoms with Crippen molar-refractivity contribution in [1.29, 1.82) is 0 Å². The van der Waals surface area contributed by atoms with Crippen LogP contribution in [0.5, 0.6) is 0 Å². The van der Waals surface area contributed by atoms with E-state index in [1.165, 1.54) is 4.90 Å². The Morgan fingerprint density at radius 3 is 2.25 bits per heavy atom. The maximum Gasteiger partial charge on any atom is 0.264 e. The Kier molecular flexibility index (Phi) is 9.48. The quantitative estimate of drug-likeness (QED) is 0.342. The van der Waals surface area contributed by atoms with Gasteiger partial charge in [0.25, 0.3) is 10.0 Å². The van der Waals surface area contributed by atoms with Gasteiger partial charge in [-0.15, -0.1) is 0 Å². The van der Waals surface area contributed by atoms with Crippen LogP contribution in [0.1, 0.15) is 43.7 Å². The number of hydrogen-bond acceptors (Lipinski definition) is 4. The van der Waals surface area contributed by atoms with Crippen molar-refractivity contribution in [2.24, 2.45) is 0 Å². The number of rotatable bonds is 10. The number of nitrogens with zero attached hydrogens (tertiary/aromatic N) is 2. The van der Waals surface area contributed by atoms with Gasteiger partial charge in [0.05, 0.1) is 10.6 Å². The molecule has 1 aliphatic rings. The average molecular weight is 586 g/mol. The number of nitrogens with one attached hydrogen (secondary N) is 1. The molecule has 3 aromatic rings. The van der Waals surface area contributed by atoms with Gasteiger partial charge in [-0.2, -0.15) is 0 Å². The van der Waals surface area contributed by atoms with Crippen molar-refractivity contribution in [3.05, 3.63) is 94.8 Å². The number of halogens is 2. The SMILES string of the molecule is Cc1ccc(N(CC(=O)N(Cc2ccccc2Cl)C(C)C(=O)NC2CCCC2)S(=O)(=O)c2ccc(F)cc2)cc1. The van der Waals surface area contributed by atoms with Crippen LogP contribution >= 0.6 is 11.6 Å². The highest BCUT2D eigenvalue weighted by Gasteiger charge is 2.33. The summed E-state index contributed by atoms with van der Waals surface area (Å²) in [6.45, 7) is 2.93.